The van der Waals surface area contributed by atoms with Gasteiger partial charge >= 0.3 is 0 Å². The Morgan fingerprint density at radius 1 is 1.33 bits per heavy atom. The third-order valence-electron chi connectivity index (χ3n) is 5.27. The summed E-state index contributed by atoms with van der Waals surface area (Å²) in [5.41, 5.74) is 0.173. The van der Waals surface area contributed by atoms with E-state index in [-0.39, 0.29) is 12.5 Å². The molecule has 0 N–H and O–H groups in total. The maximum atomic E-state index is 14.2. The zero-order chi connectivity index (χ0) is 15.5. The van der Waals surface area contributed by atoms with Gasteiger partial charge < -0.3 is 14.2 Å². The molecule has 5 heteroatoms. The van der Waals surface area contributed by atoms with Gasteiger partial charge in [0.1, 0.15) is 17.3 Å². The molecule has 1 aliphatic carbocycles. The van der Waals surface area contributed by atoms with Crippen LogP contribution in [0.25, 0.3) is 0 Å². The second kappa shape index (κ2) is 4.74. The molecule has 2 saturated heterocycles. The number of epoxide rings is 2. The van der Waals surface area contributed by atoms with E-state index in [1.807, 2.05) is 20.8 Å². The van der Waals surface area contributed by atoms with Crippen molar-refractivity contribution in [2.75, 3.05) is 13.7 Å². The van der Waals surface area contributed by atoms with Crippen LogP contribution in [0.5, 0.6) is 0 Å². The van der Waals surface area contributed by atoms with E-state index in [1.165, 1.54) is 12.7 Å². The normalized spacial score (nSPS) is 47.2. The minimum Gasteiger partial charge on any atom is -0.375 e. The molecule has 3 fully saturated rings. The Morgan fingerprint density at radius 3 is 2.52 bits per heavy atom. The molecule has 0 radical (unpaired) electrons. The van der Waals surface area contributed by atoms with Crippen molar-refractivity contribution < 1.29 is 23.0 Å². The van der Waals surface area contributed by atoms with E-state index in [2.05, 4.69) is 6.08 Å². The summed E-state index contributed by atoms with van der Waals surface area (Å²) in [5.74, 6) is -3.22. The standard InChI is InChI=1S/C16H24F2O3/c1-10(2)5-6-11-14(3,21-11)12-13(19-4)16(17,18)8-7-15(12)9-20-15/h5,11-13H,6-9H2,1-4H3. The largest absolute Gasteiger partial charge is 0.375 e. The number of alkyl halides is 2. The molecule has 0 aromatic heterocycles. The van der Waals surface area contributed by atoms with E-state index >= 15 is 0 Å². The van der Waals surface area contributed by atoms with Crippen molar-refractivity contribution in [2.24, 2.45) is 5.92 Å². The highest BCUT2D eigenvalue weighted by atomic mass is 19.3. The van der Waals surface area contributed by atoms with Crippen molar-refractivity contribution in [3.05, 3.63) is 11.6 Å². The average Bonchev–Trinajstić information content (AvgIpc) is 3.29. The van der Waals surface area contributed by atoms with Gasteiger partial charge in [-0.2, -0.15) is 0 Å². The van der Waals surface area contributed by atoms with Gasteiger partial charge in [0.05, 0.1) is 18.6 Å². The smallest absolute Gasteiger partial charge is 0.274 e. The highest BCUT2D eigenvalue weighted by Gasteiger charge is 2.74. The van der Waals surface area contributed by atoms with E-state index in [0.29, 0.717) is 13.0 Å². The van der Waals surface area contributed by atoms with Crippen LogP contribution >= 0.6 is 0 Å². The highest BCUT2D eigenvalue weighted by Crippen LogP contribution is 2.61. The summed E-state index contributed by atoms with van der Waals surface area (Å²) < 4.78 is 45.2. The van der Waals surface area contributed by atoms with Gasteiger partial charge in [-0.05, 0) is 33.6 Å². The minimum atomic E-state index is -2.81. The SMILES string of the molecule is COC1C(C2(C)OC2CC=C(C)C)C2(CCC1(F)F)CO2. The number of methoxy groups -OCH3 is 1. The Kier molecular flexibility index (Phi) is 3.47. The van der Waals surface area contributed by atoms with Crippen molar-refractivity contribution in [3.8, 4) is 0 Å². The zero-order valence-corrected chi connectivity index (χ0v) is 13.1. The van der Waals surface area contributed by atoms with Crippen molar-refractivity contribution in [2.45, 2.75) is 69.4 Å². The van der Waals surface area contributed by atoms with Crippen molar-refractivity contribution in [3.63, 3.8) is 0 Å². The van der Waals surface area contributed by atoms with Crippen LogP contribution in [0.1, 0.15) is 40.0 Å². The first-order chi connectivity index (χ1) is 9.75. The first-order valence-electron chi connectivity index (χ1n) is 7.61. The number of hydrogen-bond acceptors (Lipinski definition) is 3. The molecular weight excluding hydrogens is 278 g/mol. The van der Waals surface area contributed by atoms with Gasteiger partial charge in [-0.25, -0.2) is 8.78 Å². The number of ether oxygens (including phenoxy) is 3. The zero-order valence-electron chi connectivity index (χ0n) is 13.1. The van der Waals surface area contributed by atoms with E-state index in [9.17, 15) is 8.78 Å². The van der Waals surface area contributed by atoms with Crippen LogP contribution in [0.15, 0.2) is 11.6 Å². The molecule has 0 aromatic carbocycles. The monoisotopic (exact) mass is 302 g/mol. The van der Waals surface area contributed by atoms with Gasteiger partial charge in [0.2, 0.25) is 0 Å². The molecule has 5 atom stereocenters. The molecule has 120 valence electrons. The lowest BCUT2D eigenvalue weighted by Crippen LogP contribution is -2.57. The minimum absolute atomic E-state index is 0.0231. The van der Waals surface area contributed by atoms with Crippen LogP contribution in [0, 0.1) is 5.92 Å². The fourth-order valence-corrected chi connectivity index (χ4v) is 3.91. The predicted octanol–water partition coefficient (Wildman–Crippen LogP) is 3.33. The van der Waals surface area contributed by atoms with Gasteiger partial charge in [-0.3, -0.25) is 0 Å². The summed E-state index contributed by atoms with van der Waals surface area (Å²) >= 11 is 0. The van der Waals surface area contributed by atoms with E-state index < -0.39 is 29.1 Å². The molecule has 3 nitrogen and oxygen atoms in total. The number of halogens is 2. The lowest BCUT2D eigenvalue weighted by molar-refractivity contribution is -0.197. The molecule has 1 spiro atoms. The van der Waals surface area contributed by atoms with Gasteiger partial charge in [0, 0.05) is 13.5 Å². The Balaban J connectivity index is 1.83. The summed E-state index contributed by atoms with van der Waals surface area (Å²) in [6, 6.07) is 0. The molecule has 0 bridgehead atoms. The number of hydrogen-bond donors (Lipinski definition) is 0. The molecule has 0 aromatic rings. The number of rotatable bonds is 4. The van der Waals surface area contributed by atoms with Gasteiger partial charge in [-0.1, -0.05) is 11.6 Å². The average molecular weight is 302 g/mol. The Bertz CT molecular complexity index is 454. The van der Waals surface area contributed by atoms with Gasteiger partial charge in [0.15, 0.2) is 0 Å². The quantitative estimate of drug-likeness (QED) is 0.590. The Labute approximate surface area is 124 Å². The van der Waals surface area contributed by atoms with Crippen molar-refractivity contribution >= 4 is 0 Å². The molecule has 1 saturated carbocycles. The molecule has 2 heterocycles. The van der Waals surface area contributed by atoms with Crippen molar-refractivity contribution in [1.29, 1.82) is 0 Å². The predicted molar refractivity (Wildman–Crippen MR) is 74.5 cm³/mol. The lowest BCUT2D eigenvalue weighted by atomic mass is 9.68. The molecule has 3 aliphatic rings. The third-order valence-corrected chi connectivity index (χ3v) is 5.27. The second-order valence-electron chi connectivity index (χ2n) is 7.06. The summed E-state index contributed by atoms with van der Waals surface area (Å²) in [6.45, 7) is 6.52. The second-order valence-corrected chi connectivity index (χ2v) is 7.06. The number of allylic oxidation sites excluding steroid dienone is 1. The lowest BCUT2D eigenvalue weighted by Gasteiger charge is -2.42. The molecule has 0 amide bonds. The van der Waals surface area contributed by atoms with E-state index in [4.69, 9.17) is 14.2 Å². The van der Waals surface area contributed by atoms with Crippen LogP contribution in [-0.2, 0) is 14.2 Å². The van der Waals surface area contributed by atoms with E-state index in [0.717, 1.165) is 6.42 Å². The fraction of sp³-hybridized carbons (Fsp3) is 0.875. The molecular formula is C16H24F2O3. The highest BCUT2D eigenvalue weighted by molar-refractivity contribution is 5.21. The topological polar surface area (TPSA) is 34.3 Å². The summed E-state index contributed by atoms with van der Waals surface area (Å²) in [6.07, 6.45) is 1.92. The molecule has 5 unspecified atom stereocenters. The third kappa shape index (κ3) is 2.43. The van der Waals surface area contributed by atoms with Crippen LogP contribution in [0.3, 0.4) is 0 Å². The van der Waals surface area contributed by atoms with Crippen LogP contribution in [0.4, 0.5) is 8.78 Å². The summed E-state index contributed by atoms with van der Waals surface area (Å²) in [5, 5.41) is 0. The maximum Gasteiger partial charge on any atom is 0.274 e. The summed E-state index contributed by atoms with van der Waals surface area (Å²) in [4.78, 5) is 0. The fourth-order valence-electron chi connectivity index (χ4n) is 3.91. The van der Waals surface area contributed by atoms with Crippen molar-refractivity contribution in [1.82, 2.24) is 0 Å². The van der Waals surface area contributed by atoms with Crippen LogP contribution in [-0.4, -0.2) is 43.0 Å². The Morgan fingerprint density at radius 2 is 2.00 bits per heavy atom. The van der Waals surface area contributed by atoms with Crippen LogP contribution < -0.4 is 0 Å². The molecule has 21 heavy (non-hydrogen) atoms. The first-order valence-corrected chi connectivity index (χ1v) is 7.61. The van der Waals surface area contributed by atoms with Gasteiger partial charge in [0.25, 0.3) is 5.92 Å². The molecule has 2 aliphatic heterocycles. The summed E-state index contributed by atoms with van der Waals surface area (Å²) in [7, 11) is 1.36. The first kappa shape index (κ1) is 15.4. The molecule has 3 rings (SSSR count). The maximum absolute atomic E-state index is 14.2. The Hall–Kier alpha value is -0.520. The van der Waals surface area contributed by atoms with Crippen LogP contribution in [0.2, 0.25) is 0 Å². The van der Waals surface area contributed by atoms with E-state index in [1.54, 1.807) is 0 Å². The van der Waals surface area contributed by atoms with Gasteiger partial charge in [-0.15, -0.1) is 0 Å².